The predicted octanol–water partition coefficient (Wildman–Crippen LogP) is 4.44. The minimum absolute atomic E-state index is 0.0305. The number of carbonyl (C=O) groups is 1. The van der Waals surface area contributed by atoms with E-state index in [1.54, 1.807) is 6.20 Å². The van der Waals surface area contributed by atoms with Crippen molar-refractivity contribution in [3.05, 3.63) is 70.7 Å². The Labute approximate surface area is 153 Å². The topological polar surface area (TPSA) is 54.9 Å². The third kappa shape index (κ3) is 3.19. The summed E-state index contributed by atoms with van der Waals surface area (Å²) in [5.41, 5.74) is 5.62. The van der Waals surface area contributed by atoms with Crippen LogP contribution in [0.3, 0.4) is 0 Å². The van der Waals surface area contributed by atoms with E-state index < -0.39 is 0 Å². The standard InChI is InChI=1S/C22H23N3O/c1-13-6-9-19-17(11-13)18(12-15(3)24-19)22(26)25-21(16-7-8-16)20-14(2)5-4-10-23-20/h4-6,9-12,16,21H,7-8H2,1-3H3,(H,25,26)/t21-/m0/s1. The van der Waals surface area contributed by atoms with Crippen LogP contribution in [0.2, 0.25) is 0 Å². The van der Waals surface area contributed by atoms with Crippen LogP contribution in [0.4, 0.5) is 0 Å². The van der Waals surface area contributed by atoms with Crippen molar-refractivity contribution >= 4 is 16.8 Å². The van der Waals surface area contributed by atoms with Gasteiger partial charge in [0.2, 0.25) is 0 Å². The Balaban J connectivity index is 1.72. The zero-order valence-corrected chi connectivity index (χ0v) is 15.4. The number of fused-ring (bicyclic) bond motifs is 1. The van der Waals surface area contributed by atoms with Crippen molar-refractivity contribution in [1.82, 2.24) is 15.3 Å². The molecule has 4 nitrogen and oxygen atoms in total. The van der Waals surface area contributed by atoms with Crippen molar-refractivity contribution in [2.75, 3.05) is 0 Å². The second-order valence-corrected chi connectivity index (χ2v) is 7.33. The fourth-order valence-electron chi connectivity index (χ4n) is 3.54. The monoisotopic (exact) mass is 345 g/mol. The van der Waals surface area contributed by atoms with E-state index >= 15 is 0 Å². The summed E-state index contributed by atoms with van der Waals surface area (Å²) in [6.45, 7) is 6.02. The zero-order valence-electron chi connectivity index (χ0n) is 15.4. The Morgan fingerprint density at radius 2 is 1.96 bits per heavy atom. The third-order valence-electron chi connectivity index (χ3n) is 5.06. The SMILES string of the molecule is Cc1ccc2nc(C)cc(C(=O)N[C@H](c3ncccc3C)C3CC3)c2c1. The molecule has 2 heterocycles. The molecule has 0 aliphatic heterocycles. The molecule has 1 fully saturated rings. The second-order valence-electron chi connectivity index (χ2n) is 7.33. The fraction of sp³-hybridized carbons (Fsp3) is 0.318. The summed E-state index contributed by atoms with van der Waals surface area (Å²) in [6, 6.07) is 11.9. The molecular formula is C22H23N3O. The molecule has 0 saturated heterocycles. The Morgan fingerprint density at radius 1 is 1.15 bits per heavy atom. The van der Waals surface area contributed by atoms with E-state index in [1.165, 1.54) is 0 Å². The lowest BCUT2D eigenvalue weighted by molar-refractivity contribution is 0.0932. The average Bonchev–Trinajstić information content (AvgIpc) is 3.45. The molecule has 1 atom stereocenters. The van der Waals surface area contributed by atoms with Crippen LogP contribution >= 0.6 is 0 Å². The van der Waals surface area contributed by atoms with E-state index in [0.29, 0.717) is 11.5 Å². The molecular weight excluding hydrogens is 322 g/mol. The lowest BCUT2D eigenvalue weighted by atomic mass is 10.0. The van der Waals surface area contributed by atoms with E-state index in [0.717, 1.165) is 46.3 Å². The van der Waals surface area contributed by atoms with E-state index in [9.17, 15) is 4.79 Å². The van der Waals surface area contributed by atoms with Crippen molar-refractivity contribution in [1.29, 1.82) is 0 Å². The molecule has 0 bridgehead atoms. The maximum atomic E-state index is 13.2. The number of benzene rings is 1. The van der Waals surface area contributed by atoms with Gasteiger partial charge in [-0.15, -0.1) is 0 Å². The maximum absolute atomic E-state index is 13.2. The largest absolute Gasteiger partial charge is 0.343 e. The van der Waals surface area contributed by atoms with Crippen LogP contribution in [-0.2, 0) is 0 Å². The highest BCUT2D eigenvalue weighted by atomic mass is 16.1. The van der Waals surface area contributed by atoms with E-state index in [2.05, 4.69) is 28.3 Å². The number of rotatable bonds is 4. The van der Waals surface area contributed by atoms with Gasteiger partial charge in [-0.2, -0.15) is 0 Å². The first-order chi connectivity index (χ1) is 12.5. The lowest BCUT2D eigenvalue weighted by Gasteiger charge is -2.20. The molecule has 26 heavy (non-hydrogen) atoms. The molecule has 1 amide bonds. The van der Waals surface area contributed by atoms with Crippen LogP contribution in [0.15, 0.2) is 42.6 Å². The summed E-state index contributed by atoms with van der Waals surface area (Å²) in [5, 5.41) is 4.17. The molecule has 2 aromatic heterocycles. The molecule has 4 heteroatoms. The third-order valence-corrected chi connectivity index (χ3v) is 5.06. The average molecular weight is 345 g/mol. The Hall–Kier alpha value is -2.75. The van der Waals surface area contributed by atoms with Crippen LogP contribution in [0.1, 0.15) is 51.8 Å². The molecule has 1 saturated carbocycles. The highest BCUT2D eigenvalue weighted by Crippen LogP contribution is 2.41. The highest BCUT2D eigenvalue weighted by molar-refractivity contribution is 6.06. The van der Waals surface area contributed by atoms with Gasteiger partial charge in [0.25, 0.3) is 5.91 Å². The van der Waals surface area contributed by atoms with E-state index in [1.807, 2.05) is 44.2 Å². The lowest BCUT2D eigenvalue weighted by Crippen LogP contribution is -2.31. The minimum Gasteiger partial charge on any atom is -0.343 e. The van der Waals surface area contributed by atoms with Gasteiger partial charge in [-0.25, -0.2) is 0 Å². The molecule has 1 aliphatic rings. The van der Waals surface area contributed by atoms with Gasteiger partial charge in [-0.05, 0) is 69.4 Å². The maximum Gasteiger partial charge on any atom is 0.252 e. The summed E-state index contributed by atoms with van der Waals surface area (Å²) in [6.07, 6.45) is 4.07. The van der Waals surface area contributed by atoms with Crippen molar-refractivity contribution in [2.24, 2.45) is 5.92 Å². The number of hydrogen-bond donors (Lipinski definition) is 1. The van der Waals surface area contributed by atoms with Crippen molar-refractivity contribution in [3.63, 3.8) is 0 Å². The normalized spacial score (nSPS) is 15.0. The Kier molecular flexibility index (Phi) is 4.19. The molecule has 132 valence electrons. The Morgan fingerprint density at radius 3 is 2.69 bits per heavy atom. The van der Waals surface area contributed by atoms with Gasteiger partial charge in [0, 0.05) is 17.3 Å². The number of hydrogen-bond acceptors (Lipinski definition) is 3. The van der Waals surface area contributed by atoms with Crippen molar-refractivity contribution in [2.45, 2.75) is 39.7 Å². The fourth-order valence-corrected chi connectivity index (χ4v) is 3.54. The van der Waals surface area contributed by atoms with Gasteiger partial charge in [-0.1, -0.05) is 17.7 Å². The number of amides is 1. The van der Waals surface area contributed by atoms with Crippen molar-refractivity contribution in [3.8, 4) is 0 Å². The second kappa shape index (κ2) is 6.52. The number of nitrogens with zero attached hydrogens (tertiary/aromatic N) is 2. The Bertz CT molecular complexity index is 992. The van der Waals surface area contributed by atoms with Crippen LogP contribution in [0.5, 0.6) is 0 Å². The van der Waals surface area contributed by atoms with Gasteiger partial charge < -0.3 is 5.32 Å². The quantitative estimate of drug-likeness (QED) is 0.761. The van der Waals surface area contributed by atoms with Gasteiger partial charge in [0.15, 0.2) is 0 Å². The summed E-state index contributed by atoms with van der Waals surface area (Å²) in [7, 11) is 0. The van der Waals surface area contributed by atoms with Crippen LogP contribution in [0.25, 0.3) is 10.9 Å². The molecule has 1 N–H and O–H groups in total. The van der Waals surface area contributed by atoms with Gasteiger partial charge in [0.05, 0.1) is 22.8 Å². The van der Waals surface area contributed by atoms with Gasteiger partial charge in [0.1, 0.15) is 0 Å². The first kappa shape index (κ1) is 16.7. The molecule has 0 radical (unpaired) electrons. The molecule has 3 aromatic rings. The van der Waals surface area contributed by atoms with Crippen LogP contribution < -0.4 is 5.32 Å². The van der Waals surface area contributed by atoms with Crippen LogP contribution in [0, 0.1) is 26.7 Å². The highest BCUT2D eigenvalue weighted by Gasteiger charge is 2.35. The minimum atomic E-state index is -0.0481. The smallest absolute Gasteiger partial charge is 0.252 e. The molecule has 0 unspecified atom stereocenters. The summed E-state index contributed by atoms with van der Waals surface area (Å²) in [4.78, 5) is 22.3. The summed E-state index contributed by atoms with van der Waals surface area (Å²) >= 11 is 0. The first-order valence-corrected chi connectivity index (χ1v) is 9.13. The van der Waals surface area contributed by atoms with Crippen LogP contribution in [-0.4, -0.2) is 15.9 Å². The molecule has 1 aromatic carbocycles. The van der Waals surface area contributed by atoms with E-state index in [4.69, 9.17) is 0 Å². The van der Waals surface area contributed by atoms with E-state index in [-0.39, 0.29) is 11.9 Å². The zero-order chi connectivity index (χ0) is 18.3. The molecule has 1 aliphatic carbocycles. The number of nitrogens with one attached hydrogen (secondary N) is 1. The predicted molar refractivity (Wildman–Crippen MR) is 103 cm³/mol. The number of aromatic nitrogens is 2. The van der Waals surface area contributed by atoms with Gasteiger partial charge >= 0.3 is 0 Å². The summed E-state index contributed by atoms with van der Waals surface area (Å²) in [5.74, 6) is 0.427. The molecule has 0 spiro atoms. The first-order valence-electron chi connectivity index (χ1n) is 9.13. The van der Waals surface area contributed by atoms with Gasteiger partial charge in [-0.3, -0.25) is 14.8 Å². The number of carbonyl (C=O) groups excluding carboxylic acids is 1. The molecule has 4 rings (SSSR count). The van der Waals surface area contributed by atoms with Crippen molar-refractivity contribution < 1.29 is 4.79 Å². The number of pyridine rings is 2. The number of aryl methyl sites for hydroxylation is 3. The summed E-state index contributed by atoms with van der Waals surface area (Å²) < 4.78 is 0.